The van der Waals surface area contributed by atoms with Crippen molar-refractivity contribution >= 4 is 0 Å². The molecule has 1 saturated heterocycles. The number of hydrogen-bond acceptors (Lipinski definition) is 2. The minimum atomic E-state index is -0.0330. The molecule has 0 unspecified atom stereocenters. The Morgan fingerprint density at radius 1 is 1.62 bits per heavy atom. The average Bonchev–Trinajstić information content (AvgIpc) is 1.63. The molecular formula is C6H10N2. The van der Waals surface area contributed by atoms with Gasteiger partial charge >= 0.3 is 0 Å². The first kappa shape index (κ1) is 5.58. The lowest BCUT2D eigenvalue weighted by Crippen LogP contribution is -2.51. The molecule has 0 amide bonds. The summed E-state index contributed by atoms with van der Waals surface area (Å²) in [6.45, 7) is 3.86. The zero-order chi connectivity index (χ0) is 6.20. The predicted octanol–water partition coefficient (Wildman–Crippen LogP) is 0.462. The van der Waals surface area contributed by atoms with Gasteiger partial charge in [0.25, 0.3) is 0 Å². The van der Waals surface area contributed by atoms with Crippen molar-refractivity contribution in [3.05, 3.63) is 0 Å². The van der Waals surface area contributed by atoms with Gasteiger partial charge in [-0.15, -0.1) is 0 Å². The molecule has 0 radical (unpaired) electrons. The molecule has 0 N–H and O–H groups in total. The van der Waals surface area contributed by atoms with Crippen molar-refractivity contribution in [2.24, 2.45) is 5.41 Å². The van der Waals surface area contributed by atoms with Crippen LogP contribution in [0.3, 0.4) is 0 Å². The van der Waals surface area contributed by atoms with Crippen LogP contribution in [-0.4, -0.2) is 25.0 Å². The lowest BCUT2D eigenvalue weighted by molar-refractivity contribution is 0.0897. The summed E-state index contributed by atoms with van der Waals surface area (Å²) < 4.78 is 0. The Morgan fingerprint density at radius 2 is 2.12 bits per heavy atom. The topological polar surface area (TPSA) is 27.0 Å². The highest BCUT2D eigenvalue weighted by Gasteiger charge is 2.36. The van der Waals surface area contributed by atoms with E-state index < -0.39 is 0 Å². The molecule has 0 spiro atoms. The second kappa shape index (κ2) is 1.46. The number of nitriles is 1. The van der Waals surface area contributed by atoms with Gasteiger partial charge in [-0.25, -0.2) is 0 Å². The molecule has 0 saturated carbocycles. The Morgan fingerprint density at radius 3 is 2.25 bits per heavy atom. The summed E-state index contributed by atoms with van der Waals surface area (Å²) in [6.07, 6.45) is 0. The second-order valence-corrected chi connectivity index (χ2v) is 2.84. The van der Waals surface area contributed by atoms with Crippen molar-refractivity contribution in [1.29, 1.82) is 5.26 Å². The minimum Gasteiger partial charge on any atom is -0.303 e. The van der Waals surface area contributed by atoms with Gasteiger partial charge in [0.15, 0.2) is 0 Å². The molecule has 0 aromatic rings. The maximum Gasteiger partial charge on any atom is 0.0798 e. The third kappa shape index (κ3) is 0.696. The first-order chi connectivity index (χ1) is 3.66. The van der Waals surface area contributed by atoms with Gasteiger partial charge in [0, 0.05) is 13.1 Å². The van der Waals surface area contributed by atoms with E-state index in [1.165, 1.54) is 0 Å². The van der Waals surface area contributed by atoms with Gasteiger partial charge in [-0.3, -0.25) is 0 Å². The molecule has 0 aromatic carbocycles. The summed E-state index contributed by atoms with van der Waals surface area (Å²) in [5.41, 5.74) is -0.0330. The van der Waals surface area contributed by atoms with E-state index in [1.54, 1.807) is 0 Å². The standard InChI is InChI=1S/C6H10N2/c1-6(3-7)4-8(2)5-6/h4-5H2,1-2H3. The summed E-state index contributed by atoms with van der Waals surface area (Å²) in [5, 5.41) is 8.49. The van der Waals surface area contributed by atoms with E-state index in [0.29, 0.717) is 0 Å². The van der Waals surface area contributed by atoms with E-state index in [-0.39, 0.29) is 5.41 Å². The molecule has 2 nitrogen and oxygen atoms in total. The molecule has 1 aliphatic heterocycles. The monoisotopic (exact) mass is 110 g/mol. The van der Waals surface area contributed by atoms with Crippen LogP contribution in [0.15, 0.2) is 0 Å². The molecule has 2 heteroatoms. The van der Waals surface area contributed by atoms with E-state index in [2.05, 4.69) is 11.0 Å². The molecular weight excluding hydrogens is 100 g/mol. The lowest BCUT2D eigenvalue weighted by atomic mass is 9.84. The first-order valence-electron chi connectivity index (χ1n) is 2.76. The fraction of sp³-hybridized carbons (Fsp3) is 0.833. The van der Waals surface area contributed by atoms with Crippen LogP contribution in [0.1, 0.15) is 6.92 Å². The summed E-state index contributed by atoms with van der Waals surface area (Å²) in [7, 11) is 2.03. The van der Waals surface area contributed by atoms with Crippen LogP contribution in [-0.2, 0) is 0 Å². The normalized spacial score (nSPS) is 26.1. The molecule has 1 rings (SSSR count). The van der Waals surface area contributed by atoms with Crippen molar-refractivity contribution in [2.45, 2.75) is 6.92 Å². The minimum absolute atomic E-state index is 0.0330. The van der Waals surface area contributed by atoms with E-state index in [1.807, 2.05) is 14.0 Å². The Hall–Kier alpha value is -0.550. The van der Waals surface area contributed by atoms with E-state index in [4.69, 9.17) is 5.26 Å². The van der Waals surface area contributed by atoms with Crippen molar-refractivity contribution in [3.8, 4) is 6.07 Å². The molecule has 0 bridgehead atoms. The number of likely N-dealkylation sites (tertiary alicyclic amines) is 1. The molecule has 1 heterocycles. The summed E-state index contributed by atoms with van der Waals surface area (Å²) in [6, 6.07) is 2.27. The van der Waals surface area contributed by atoms with Crippen LogP contribution in [0.2, 0.25) is 0 Å². The van der Waals surface area contributed by atoms with E-state index in [0.717, 1.165) is 13.1 Å². The van der Waals surface area contributed by atoms with Crippen molar-refractivity contribution in [3.63, 3.8) is 0 Å². The highest BCUT2D eigenvalue weighted by atomic mass is 15.2. The molecule has 44 valence electrons. The van der Waals surface area contributed by atoms with Gasteiger partial charge < -0.3 is 4.90 Å². The zero-order valence-electron chi connectivity index (χ0n) is 5.31. The molecule has 0 aromatic heterocycles. The predicted molar refractivity (Wildman–Crippen MR) is 31.2 cm³/mol. The average molecular weight is 110 g/mol. The first-order valence-corrected chi connectivity index (χ1v) is 2.76. The van der Waals surface area contributed by atoms with Gasteiger partial charge in [0.2, 0.25) is 0 Å². The van der Waals surface area contributed by atoms with Crippen LogP contribution in [0, 0.1) is 16.7 Å². The smallest absolute Gasteiger partial charge is 0.0798 e. The Balaban J connectivity index is 2.44. The largest absolute Gasteiger partial charge is 0.303 e. The SMILES string of the molecule is CN1CC(C)(C#N)C1. The number of rotatable bonds is 0. The van der Waals surface area contributed by atoms with E-state index in [9.17, 15) is 0 Å². The van der Waals surface area contributed by atoms with Gasteiger partial charge in [-0.1, -0.05) is 0 Å². The van der Waals surface area contributed by atoms with Crippen LogP contribution >= 0.6 is 0 Å². The fourth-order valence-corrected chi connectivity index (χ4v) is 1.22. The third-order valence-electron chi connectivity index (χ3n) is 1.51. The quantitative estimate of drug-likeness (QED) is 0.453. The molecule has 0 atom stereocenters. The van der Waals surface area contributed by atoms with Gasteiger partial charge in [0.1, 0.15) is 0 Å². The van der Waals surface area contributed by atoms with Gasteiger partial charge in [0.05, 0.1) is 11.5 Å². The molecule has 1 fully saturated rings. The van der Waals surface area contributed by atoms with Crippen LogP contribution in [0.4, 0.5) is 0 Å². The molecule has 0 aliphatic carbocycles. The molecule has 1 aliphatic rings. The van der Waals surface area contributed by atoms with Crippen LogP contribution in [0.5, 0.6) is 0 Å². The van der Waals surface area contributed by atoms with Crippen molar-refractivity contribution < 1.29 is 0 Å². The maximum atomic E-state index is 8.49. The van der Waals surface area contributed by atoms with E-state index >= 15 is 0 Å². The van der Waals surface area contributed by atoms with Crippen molar-refractivity contribution in [1.82, 2.24) is 4.90 Å². The Kier molecular flexibility index (Phi) is 1.02. The van der Waals surface area contributed by atoms with Gasteiger partial charge in [-0.05, 0) is 14.0 Å². The highest BCUT2D eigenvalue weighted by molar-refractivity contribution is 5.05. The van der Waals surface area contributed by atoms with Crippen molar-refractivity contribution in [2.75, 3.05) is 20.1 Å². The number of nitrogens with zero attached hydrogens (tertiary/aromatic N) is 2. The highest BCUT2D eigenvalue weighted by Crippen LogP contribution is 2.26. The maximum absolute atomic E-state index is 8.49. The summed E-state index contributed by atoms with van der Waals surface area (Å²) in [5.74, 6) is 0. The number of hydrogen-bond donors (Lipinski definition) is 0. The third-order valence-corrected chi connectivity index (χ3v) is 1.51. The van der Waals surface area contributed by atoms with Gasteiger partial charge in [-0.2, -0.15) is 5.26 Å². The fourth-order valence-electron chi connectivity index (χ4n) is 1.22. The van der Waals surface area contributed by atoms with Crippen LogP contribution < -0.4 is 0 Å². The van der Waals surface area contributed by atoms with Crippen LogP contribution in [0.25, 0.3) is 0 Å². The summed E-state index contributed by atoms with van der Waals surface area (Å²) >= 11 is 0. The Bertz CT molecular complexity index is 128. The summed E-state index contributed by atoms with van der Waals surface area (Å²) in [4.78, 5) is 2.14. The molecule has 8 heavy (non-hydrogen) atoms. The lowest BCUT2D eigenvalue weighted by Gasteiger charge is -2.40. The zero-order valence-corrected chi connectivity index (χ0v) is 5.31. The Labute approximate surface area is 49.7 Å². The second-order valence-electron chi connectivity index (χ2n) is 2.84.